The fraction of sp³-hybridized carbons (Fsp3) is 0.533. The lowest BCUT2D eigenvalue weighted by Gasteiger charge is -2.37. The Kier molecular flexibility index (Phi) is 4.99. The summed E-state index contributed by atoms with van der Waals surface area (Å²) >= 11 is 5.87. The third-order valence-electron chi connectivity index (χ3n) is 3.37. The number of nitro benzene ring substituents is 1. The van der Waals surface area contributed by atoms with E-state index in [0.717, 1.165) is 18.5 Å². The minimum Gasteiger partial charge on any atom is -0.444 e. The molecule has 1 aromatic carbocycles. The average molecular weight is 342 g/mol. The fourth-order valence-corrected chi connectivity index (χ4v) is 2.56. The van der Waals surface area contributed by atoms with Gasteiger partial charge in [0.1, 0.15) is 10.6 Å². The summed E-state index contributed by atoms with van der Waals surface area (Å²) in [6, 6.07) is 4.79. The van der Waals surface area contributed by atoms with Gasteiger partial charge in [0.05, 0.1) is 4.92 Å². The van der Waals surface area contributed by atoms with Gasteiger partial charge >= 0.3 is 6.09 Å². The Bertz CT molecular complexity index is 609. The minimum atomic E-state index is -0.518. The third-order valence-corrected chi connectivity index (χ3v) is 3.68. The molecule has 1 aliphatic carbocycles. The molecule has 0 aliphatic heterocycles. The van der Waals surface area contributed by atoms with Crippen molar-refractivity contribution in [2.24, 2.45) is 0 Å². The zero-order chi connectivity index (χ0) is 17.2. The number of hydrogen-bond donors (Lipinski definition) is 2. The number of hydrogen-bond acceptors (Lipinski definition) is 5. The smallest absolute Gasteiger partial charge is 0.407 e. The van der Waals surface area contributed by atoms with Gasteiger partial charge < -0.3 is 15.4 Å². The summed E-state index contributed by atoms with van der Waals surface area (Å²) < 4.78 is 5.20. The first-order chi connectivity index (χ1) is 10.6. The molecule has 0 aromatic heterocycles. The summed E-state index contributed by atoms with van der Waals surface area (Å²) in [5, 5.41) is 16.9. The van der Waals surface area contributed by atoms with Crippen LogP contribution in [0.5, 0.6) is 0 Å². The van der Waals surface area contributed by atoms with Crippen LogP contribution in [0.3, 0.4) is 0 Å². The molecule has 1 saturated carbocycles. The van der Waals surface area contributed by atoms with Crippen LogP contribution in [0.15, 0.2) is 18.2 Å². The minimum absolute atomic E-state index is 0.0656. The van der Waals surface area contributed by atoms with Crippen molar-refractivity contribution in [1.29, 1.82) is 0 Å². The summed E-state index contributed by atoms with van der Waals surface area (Å²) in [7, 11) is 0. The van der Waals surface area contributed by atoms with E-state index in [1.165, 1.54) is 12.1 Å². The van der Waals surface area contributed by atoms with Gasteiger partial charge in [0.15, 0.2) is 0 Å². The maximum absolute atomic E-state index is 11.6. The number of carbonyl (C=O) groups is 1. The number of anilines is 1. The second kappa shape index (κ2) is 6.62. The van der Waals surface area contributed by atoms with E-state index >= 15 is 0 Å². The molecule has 126 valence electrons. The van der Waals surface area contributed by atoms with Gasteiger partial charge in [-0.3, -0.25) is 10.1 Å². The van der Waals surface area contributed by atoms with Crippen LogP contribution in [0.2, 0.25) is 5.02 Å². The Balaban J connectivity index is 1.79. The zero-order valence-electron chi connectivity index (χ0n) is 13.3. The first kappa shape index (κ1) is 17.3. The van der Waals surface area contributed by atoms with E-state index in [0.29, 0.717) is 0 Å². The predicted octanol–water partition coefficient (Wildman–Crippen LogP) is 3.72. The largest absolute Gasteiger partial charge is 0.444 e. The first-order valence-electron chi connectivity index (χ1n) is 7.34. The molecule has 1 amide bonds. The van der Waals surface area contributed by atoms with E-state index in [2.05, 4.69) is 10.6 Å². The molecule has 8 heteroatoms. The number of carbonyl (C=O) groups excluding carboxylic acids is 1. The highest BCUT2D eigenvalue weighted by Crippen LogP contribution is 2.30. The van der Waals surface area contributed by atoms with Gasteiger partial charge in [-0.2, -0.15) is 0 Å². The molecule has 0 bridgehead atoms. The third kappa shape index (κ3) is 4.99. The maximum atomic E-state index is 11.6. The molecular formula is C15H20ClN3O4. The predicted molar refractivity (Wildman–Crippen MR) is 87.9 cm³/mol. The van der Waals surface area contributed by atoms with Crippen LogP contribution in [0.1, 0.15) is 33.6 Å². The van der Waals surface area contributed by atoms with Crippen LogP contribution in [0.25, 0.3) is 0 Å². The van der Waals surface area contributed by atoms with Crippen LogP contribution in [-0.2, 0) is 4.74 Å². The highest BCUT2D eigenvalue weighted by Gasteiger charge is 2.31. The van der Waals surface area contributed by atoms with E-state index < -0.39 is 16.6 Å². The van der Waals surface area contributed by atoms with Crippen molar-refractivity contribution >= 4 is 29.1 Å². The van der Waals surface area contributed by atoms with Crippen molar-refractivity contribution < 1.29 is 14.5 Å². The van der Waals surface area contributed by atoms with Crippen molar-refractivity contribution in [3.63, 3.8) is 0 Å². The summed E-state index contributed by atoms with van der Waals surface area (Å²) in [6.07, 6.45) is 1.10. The Morgan fingerprint density at radius 1 is 1.35 bits per heavy atom. The van der Waals surface area contributed by atoms with E-state index in [9.17, 15) is 14.9 Å². The fourth-order valence-electron chi connectivity index (χ4n) is 2.31. The number of alkyl carbamates (subject to hydrolysis) is 1. The van der Waals surface area contributed by atoms with Gasteiger partial charge in [-0.05, 0) is 45.7 Å². The Morgan fingerprint density at radius 3 is 2.52 bits per heavy atom. The van der Waals surface area contributed by atoms with Crippen LogP contribution >= 0.6 is 11.6 Å². The highest BCUT2D eigenvalue weighted by molar-refractivity contribution is 6.32. The van der Waals surface area contributed by atoms with Gasteiger partial charge in [-0.1, -0.05) is 11.6 Å². The van der Waals surface area contributed by atoms with Gasteiger partial charge in [0.25, 0.3) is 5.69 Å². The standard InChI is InChI=1S/C15H20ClN3O4/c1-15(2,3)23-14(20)18-11-6-10(7-11)17-9-4-5-13(19(21)22)12(16)8-9/h4-5,8,10-11,17H,6-7H2,1-3H3,(H,18,20). The van der Waals surface area contributed by atoms with Crippen LogP contribution in [0, 0.1) is 10.1 Å². The van der Waals surface area contributed by atoms with E-state index in [1.54, 1.807) is 6.07 Å². The van der Waals surface area contributed by atoms with Gasteiger partial charge in [0, 0.05) is 23.8 Å². The van der Waals surface area contributed by atoms with E-state index in [-0.39, 0.29) is 22.8 Å². The number of ether oxygens (including phenoxy) is 1. The monoisotopic (exact) mass is 341 g/mol. The lowest BCUT2D eigenvalue weighted by molar-refractivity contribution is -0.384. The Morgan fingerprint density at radius 2 is 2.00 bits per heavy atom. The van der Waals surface area contributed by atoms with Crippen LogP contribution < -0.4 is 10.6 Å². The summed E-state index contributed by atoms with van der Waals surface area (Å²) in [4.78, 5) is 21.8. The van der Waals surface area contributed by atoms with Gasteiger partial charge in [-0.15, -0.1) is 0 Å². The molecule has 23 heavy (non-hydrogen) atoms. The molecule has 1 aromatic rings. The molecule has 1 fully saturated rings. The number of rotatable bonds is 4. The lowest BCUT2D eigenvalue weighted by atomic mass is 9.86. The van der Waals surface area contributed by atoms with Crippen molar-refractivity contribution in [3.05, 3.63) is 33.3 Å². The second-order valence-corrected chi connectivity index (χ2v) is 6.99. The lowest BCUT2D eigenvalue weighted by Crippen LogP contribution is -2.50. The normalized spacial score (nSPS) is 20.3. The number of nitrogens with zero attached hydrogens (tertiary/aromatic N) is 1. The average Bonchev–Trinajstić information content (AvgIpc) is 2.33. The van der Waals surface area contributed by atoms with Crippen molar-refractivity contribution in [3.8, 4) is 0 Å². The topological polar surface area (TPSA) is 93.5 Å². The van der Waals surface area contributed by atoms with E-state index in [4.69, 9.17) is 16.3 Å². The maximum Gasteiger partial charge on any atom is 0.407 e. The quantitative estimate of drug-likeness (QED) is 0.643. The molecule has 2 rings (SSSR count). The Labute approximate surface area is 139 Å². The number of benzene rings is 1. The molecule has 0 unspecified atom stereocenters. The molecular weight excluding hydrogens is 322 g/mol. The summed E-state index contributed by atoms with van der Waals surface area (Å²) in [6.45, 7) is 5.45. The van der Waals surface area contributed by atoms with Crippen molar-refractivity contribution in [1.82, 2.24) is 5.32 Å². The molecule has 2 N–H and O–H groups in total. The van der Waals surface area contributed by atoms with Crippen LogP contribution in [0.4, 0.5) is 16.2 Å². The zero-order valence-corrected chi connectivity index (χ0v) is 14.0. The molecule has 1 aliphatic rings. The SMILES string of the molecule is CC(C)(C)OC(=O)NC1CC(Nc2ccc([N+](=O)[O-])c(Cl)c2)C1. The molecule has 0 heterocycles. The van der Waals surface area contributed by atoms with Crippen LogP contribution in [-0.4, -0.2) is 28.7 Å². The number of halogens is 1. The van der Waals surface area contributed by atoms with Crippen molar-refractivity contribution in [2.75, 3.05) is 5.32 Å². The molecule has 0 spiro atoms. The molecule has 0 atom stereocenters. The molecule has 7 nitrogen and oxygen atoms in total. The first-order valence-corrected chi connectivity index (χ1v) is 7.72. The second-order valence-electron chi connectivity index (χ2n) is 6.58. The molecule has 0 saturated heterocycles. The Hall–Kier alpha value is -2.02. The number of nitrogens with one attached hydrogen (secondary N) is 2. The van der Waals surface area contributed by atoms with Crippen molar-refractivity contribution in [2.45, 2.75) is 51.3 Å². The van der Waals surface area contributed by atoms with Gasteiger partial charge in [0.2, 0.25) is 0 Å². The highest BCUT2D eigenvalue weighted by atomic mass is 35.5. The van der Waals surface area contributed by atoms with E-state index in [1.807, 2.05) is 20.8 Å². The van der Waals surface area contributed by atoms with Gasteiger partial charge in [-0.25, -0.2) is 4.79 Å². The number of nitro groups is 1. The molecule has 0 radical (unpaired) electrons. The number of amides is 1. The summed E-state index contributed by atoms with van der Waals surface area (Å²) in [5.74, 6) is 0. The summed E-state index contributed by atoms with van der Waals surface area (Å²) in [5.41, 5.74) is 0.0951.